The smallest absolute Gasteiger partial charge is 0.254 e. The topological polar surface area (TPSA) is 69.6 Å². The normalized spacial score (nSPS) is 17.3. The van der Waals surface area contributed by atoms with E-state index in [1.807, 2.05) is 12.1 Å². The van der Waals surface area contributed by atoms with Crippen molar-refractivity contribution in [2.45, 2.75) is 19.1 Å². The predicted molar refractivity (Wildman–Crippen MR) is 65.9 cm³/mol. The predicted octanol–water partition coefficient (Wildman–Crippen LogP) is 0.139. The van der Waals surface area contributed by atoms with Crippen molar-refractivity contribution in [3.63, 3.8) is 0 Å². The average Bonchev–Trinajstić information content (AvgIpc) is 2.65. The molecule has 0 spiro atoms. The molecule has 96 valence electrons. The van der Waals surface area contributed by atoms with Crippen molar-refractivity contribution in [3.05, 3.63) is 35.4 Å². The average molecular weight is 248 g/mol. The van der Waals surface area contributed by atoms with Crippen LogP contribution in [0.4, 0.5) is 0 Å². The Kier molecular flexibility index (Phi) is 3.09. The first-order chi connectivity index (χ1) is 8.45. The van der Waals surface area contributed by atoms with Crippen LogP contribution >= 0.6 is 0 Å². The first-order valence-electron chi connectivity index (χ1n) is 5.77. The van der Waals surface area contributed by atoms with Gasteiger partial charge in [0.25, 0.3) is 11.8 Å². The largest absolute Gasteiger partial charge is 0.378 e. The second kappa shape index (κ2) is 4.42. The van der Waals surface area contributed by atoms with E-state index in [0.717, 1.165) is 5.56 Å². The third kappa shape index (κ3) is 2.09. The van der Waals surface area contributed by atoms with Gasteiger partial charge in [0.2, 0.25) is 0 Å². The Balaban J connectivity index is 2.15. The molecule has 1 atom stereocenters. The molecule has 0 radical (unpaired) electrons. The van der Waals surface area contributed by atoms with Crippen molar-refractivity contribution < 1.29 is 14.7 Å². The van der Waals surface area contributed by atoms with E-state index >= 15 is 0 Å². The Morgan fingerprint density at radius 2 is 2.17 bits per heavy atom. The molecular formula is C13H16N2O3. The molecule has 1 aromatic carbocycles. The van der Waals surface area contributed by atoms with Crippen molar-refractivity contribution in [1.82, 2.24) is 10.2 Å². The number of aliphatic hydroxyl groups is 1. The maximum Gasteiger partial charge on any atom is 0.254 e. The molecule has 1 aliphatic heterocycles. The summed E-state index contributed by atoms with van der Waals surface area (Å²) < 4.78 is 0. The number of rotatable bonds is 3. The molecule has 1 aliphatic rings. The Morgan fingerprint density at radius 1 is 1.50 bits per heavy atom. The zero-order valence-corrected chi connectivity index (χ0v) is 10.4. The number of carbonyl (C=O) groups excluding carboxylic acids is 2. The fourth-order valence-corrected chi connectivity index (χ4v) is 2.16. The number of benzene rings is 1. The van der Waals surface area contributed by atoms with E-state index in [9.17, 15) is 14.7 Å². The molecule has 0 aromatic heterocycles. The first-order valence-corrected chi connectivity index (χ1v) is 5.77. The Labute approximate surface area is 105 Å². The van der Waals surface area contributed by atoms with Crippen molar-refractivity contribution >= 4 is 11.8 Å². The Morgan fingerprint density at radius 3 is 2.78 bits per heavy atom. The summed E-state index contributed by atoms with van der Waals surface area (Å²) in [5.74, 6) is -0.638. The summed E-state index contributed by atoms with van der Waals surface area (Å²) in [6.45, 7) is 1.82. The van der Waals surface area contributed by atoms with Gasteiger partial charge in [-0.05, 0) is 18.6 Å². The molecule has 18 heavy (non-hydrogen) atoms. The first kappa shape index (κ1) is 12.6. The van der Waals surface area contributed by atoms with Crippen molar-refractivity contribution in [2.75, 3.05) is 13.6 Å². The molecule has 0 bridgehead atoms. The van der Waals surface area contributed by atoms with Crippen LogP contribution in [0.2, 0.25) is 0 Å². The zero-order valence-electron chi connectivity index (χ0n) is 10.4. The second-order valence-corrected chi connectivity index (χ2v) is 4.67. The summed E-state index contributed by atoms with van der Waals surface area (Å²) in [6.07, 6.45) is 0. The van der Waals surface area contributed by atoms with Crippen molar-refractivity contribution in [3.8, 4) is 0 Å². The maximum absolute atomic E-state index is 12.1. The van der Waals surface area contributed by atoms with Gasteiger partial charge in [0, 0.05) is 19.2 Å². The van der Waals surface area contributed by atoms with Gasteiger partial charge in [0.05, 0.1) is 6.54 Å². The maximum atomic E-state index is 12.1. The standard InChI is InChI=1S/C13H16N2O3/c1-13(18,12(17)14-2)8-15-7-9-5-3-4-6-10(9)11(15)16/h3-6,18H,7-8H2,1-2H3,(H,14,17)/t13-/m1/s1. The van der Waals surface area contributed by atoms with Crippen LogP contribution in [0.1, 0.15) is 22.8 Å². The highest BCUT2D eigenvalue weighted by Crippen LogP contribution is 2.23. The number of nitrogens with one attached hydrogen (secondary N) is 1. The molecule has 0 saturated heterocycles. The van der Waals surface area contributed by atoms with E-state index in [1.54, 1.807) is 12.1 Å². The lowest BCUT2D eigenvalue weighted by atomic mass is 10.1. The molecule has 2 amide bonds. The van der Waals surface area contributed by atoms with Crippen LogP contribution in [0, 0.1) is 0 Å². The van der Waals surface area contributed by atoms with Crippen LogP contribution < -0.4 is 5.32 Å². The van der Waals surface area contributed by atoms with E-state index in [2.05, 4.69) is 5.32 Å². The molecule has 2 rings (SSSR count). The third-order valence-corrected chi connectivity index (χ3v) is 3.11. The fourth-order valence-electron chi connectivity index (χ4n) is 2.16. The molecule has 0 saturated carbocycles. The van der Waals surface area contributed by atoms with Gasteiger partial charge in [-0.25, -0.2) is 0 Å². The molecule has 0 unspecified atom stereocenters. The van der Waals surface area contributed by atoms with Gasteiger partial charge in [-0.2, -0.15) is 0 Å². The summed E-state index contributed by atoms with van der Waals surface area (Å²) in [5, 5.41) is 12.4. The van der Waals surface area contributed by atoms with E-state index in [1.165, 1.54) is 18.9 Å². The van der Waals surface area contributed by atoms with Gasteiger partial charge in [-0.15, -0.1) is 0 Å². The number of nitrogens with zero attached hydrogens (tertiary/aromatic N) is 1. The summed E-state index contributed by atoms with van der Waals surface area (Å²) in [4.78, 5) is 25.1. The van der Waals surface area contributed by atoms with Crippen LogP contribution in [0.15, 0.2) is 24.3 Å². The molecule has 5 heteroatoms. The second-order valence-electron chi connectivity index (χ2n) is 4.67. The molecule has 0 fully saturated rings. The molecule has 0 aliphatic carbocycles. The van der Waals surface area contributed by atoms with Gasteiger partial charge < -0.3 is 15.3 Å². The molecular weight excluding hydrogens is 232 g/mol. The Bertz CT molecular complexity index is 497. The number of amides is 2. The van der Waals surface area contributed by atoms with E-state index < -0.39 is 11.5 Å². The number of hydrogen-bond acceptors (Lipinski definition) is 3. The third-order valence-electron chi connectivity index (χ3n) is 3.11. The van der Waals surface area contributed by atoms with Crippen LogP contribution in [-0.2, 0) is 11.3 Å². The molecule has 1 heterocycles. The van der Waals surface area contributed by atoms with Gasteiger partial charge in [-0.3, -0.25) is 9.59 Å². The lowest BCUT2D eigenvalue weighted by Gasteiger charge is -2.27. The van der Waals surface area contributed by atoms with Gasteiger partial charge in [0.1, 0.15) is 0 Å². The SMILES string of the molecule is CNC(=O)[C@](C)(O)CN1Cc2ccccc2C1=O. The minimum atomic E-state index is -1.58. The van der Waals surface area contributed by atoms with E-state index in [-0.39, 0.29) is 12.5 Å². The number of likely N-dealkylation sites (N-methyl/N-ethyl adjacent to an activating group) is 1. The lowest BCUT2D eigenvalue weighted by Crippen LogP contribution is -2.51. The van der Waals surface area contributed by atoms with Crippen molar-refractivity contribution in [1.29, 1.82) is 0 Å². The fraction of sp³-hybridized carbons (Fsp3) is 0.385. The zero-order chi connectivity index (χ0) is 13.3. The number of β-amino-alcohol motifs (C(OH)–C–C–N with tert-alkyl or cyclic N) is 1. The van der Waals surface area contributed by atoms with Crippen molar-refractivity contribution in [2.24, 2.45) is 0 Å². The van der Waals surface area contributed by atoms with Crippen LogP contribution in [0.5, 0.6) is 0 Å². The highest BCUT2D eigenvalue weighted by atomic mass is 16.3. The highest BCUT2D eigenvalue weighted by Gasteiger charge is 2.36. The number of carbonyl (C=O) groups is 2. The minimum Gasteiger partial charge on any atom is -0.378 e. The minimum absolute atomic E-state index is 0.0137. The summed E-state index contributed by atoms with van der Waals surface area (Å²) >= 11 is 0. The summed E-state index contributed by atoms with van der Waals surface area (Å²) in [6, 6.07) is 7.30. The van der Waals surface area contributed by atoms with Crippen LogP contribution in [0.25, 0.3) is 0 Å². The van der Waals surface area contributed by atoms with E-state index in [4.69, 9.17) is 0 Å². The van der Waals surface area contributed by atoms with Gasteiger partial charge in [-0.1, -0.05) is 18.2 Å². The lowest BCUT2D eigenvalue weighted by molar-refractivity contribution is -0.138. The van der Waals surface area contributed by atoms with Crippen LogP contribution in [0.3, 0.4) is 0 Å². The molecule has 2 N–H and O–H groups in total. The van der Waals surface area contributed by atoms with Crippen LogP contribution in [-0.4, -0.2) is 41.0 Å². The monoisotopic (exact) mass is 248 g/mol. The number of fused-ring (bicyclic) bond motifs is 1. The molecule has 5 nitrogen and oxygen atoms in total. The summed E-state index contributed by atoms with van der Waals surface area (Å²) in [7, 11) is 1.46. The summed E-state index contributed by atoms with van der Waals surface area (Å²) in [5.41, 5.74) is -0.00710. The van der Waals surface area contributed by atoms with E-state index in [0.29, 0.717) is 12.1 Å². The quantitative estimate of drug-likeness (QED) is 0.799. The molecule has 1 aromatic rings. The van der Waals surface area contributed by atoms with Gasteiger partial charge >= 0.3 is 0 Å². The number of hydrogen-bond donors (Lipinski definition) is 2. The van der Waals surface area contributed by atoms with Gasteiger partial charge in [0.15, 0.2) is 5.60 Å². The Hall–Kier alpha value is -1.88. The highest BCUT2D eigenvalue weighted by molar-refractivity contribution is 5.98.